The van der Waals surface area contributed by atoms with Gasteiger partial charge in [0.25, 0.3) is 0 Å². The van der Waals surface area contributed by atoms with Crippen LogP contribution in [0.1, 0.15) is 12.7 Å². The van der Waals surface area contributed by atoms with E-state index < -0.39 is 11.6 Å². The molecule has 0 amide bonds. The van der Waals surface area contributed by atoms with Gasteiger partial charge in [-0.05, 0) is 47.1 Å². The molecule has 0 aliphatic carbocycles. The van der Waals surface area contributed by atoms with E-state index in [4.69, 9.17) is 10.2 Å². The quantitative estimate of drug-likeness (QED) is 0.873. The summed E-state index contributed by atoms with van der Waals surface area (Å²) < 4.78 is 32.6. The van der Waals surface area contributed by atoms with Crippen molar-refractivity contribution in [2.45, 2.75) is 19.4 Å². The Morgan fingerprint density at radius 2 is 2.00 bits per heavy atom. The summed E-state index contributed by atoms with van der Waals surface area (Å²) in [6, 6.07) is 5.48. The Kier molecular flexibility index (Phi) is 3.82. The second-order valence-corrected chi connectivity index (χ2v) is 5.05. The van der Waals surface area contributed by atoms with Crippen molar-refractivity contribution in [1.82, 2.24) is 0 Å². The number of hydrogen-bond acceptors (Lipinski definition) is 2. The molecule has 1 aromatic heterocycles. The van der Waals surface area contributed by atoms with E-state index in [2.05, 4.69) is 15.9 Å². The molecule has 0 saturated carbocycles. The van der Waals surface area contributed by atoms with Crippen LogP contribution >= 0.6 is 15.9 Å². The first-order valence-corrected chi connectivity index (χ1v) is 6.26. The van der Waals surface area contributed by atoms with E-state index in [1.807, 2.05) is 6.92 Å². The molecule has 2 N–H and O–H groups in total. The minimum atomic E-state index is -0.537. The third-order valence-corrected chi connectivity index (χ3v) is 3.07. The van der Waals surface area contributed by atoms with Crippen molar-refractivity contribution in [1.29, 1.82) is 0 Å². The van der Waals surface area contributed by atoms with Crippen LogP contribution in [0.2, 0.25) is 0 Å². The summed E-state index contributed by atoms with van der Waals surface area (Å²) in [7, 11) is 0. The van der Waals surface area contributed by atoms with Gasteiger partial charge >= 0.3 is 0 Å². The highest BCUT2D eigenvalue weighted by Gasteiger charge is 2.14. The normalized spacial score (nSPS) is 12.7. The van der Waals surface area contributed by atoms with Crippen molar-refractivity contribution in [3.05, 3.63) is 46.1 Å². The zero-order valence-electron chi connectivity index (χ0n) is 9.71. The Hall–Kier alpha value is -1.20. The molecule has 1 heterocycles. The molecule has 0 fully saturated rings. The predicted octanol–water partition coefficient (Wildman–Crippen LogP) is 3.88. The molecule has 5 heteroatoms. The Morgan fingerprint density at radius 3 is 2.67 bits per heavy atom. The van der Waals surface area contributed by atoms with Gasteiger partial charge in [-0.1, -0.05) is 0 Å². The maximum Gasteiger partial charge on any atom is 0.138 e. The number of halogens is 3. The fourth-order valence-corrected chi connectivity index (χ4v) is 1.98. The first kappa shape index (κ1) is 13.2. The van der Waals surface area contributed by atoms with Crippen LogP contribution in [0.4, 0.5) is 8.78 Å². The van der Waals surface area contributed by atoms with Crippen molar-refractivity contribution in [2.24, 2.45) is 5.73 Å². The molecule has 1 unspecified atom stereocenters. The molecule has 1 aromatic carbocycles. The molecular weight excluding hydrogens is 304 g/mol. The van der Waals surface area contributed by atoms with Crippen LogP contribution in [0, 0.1) is 11.6 Å². The lowest BCUT2D eigenvalue weighted by Crippen LogP contribution is -2.17. The fourth-order valence-electron chi connectivity index (χ4n) is 1.66. The molecule has 2 rings (SSSR count). The van der Waals surface area contributed by atoms with Crippen molar-refractivity contribution < 1.29 is 13.2 Å². The van der Waals surface area contributed by atoms with Gasteiger partial charge in [-0.3, -0.25) is 0 Å². The average Bonchev–Trinajstić information content (AvgIpc) is 2.70. The van der Waals surface area contributed by atoms with Crippen LogP contribution in [0.25, 0.3) is 11.3 Å². The van der Waals surface area contributed by atoms with E-state index in [1.165, 1.54) is 0 Å². The molecule has 2 nitrogen and oxygen atoms in total. The van der Waals surface area contributed by atoms with E-state index in [0.29, 0.717) is 17.9 Å². The van der Waals surface area contributed by atoms with Gasteiger partial charge < -0.3 is 10.2 Å². The summed E-state index contributed by atoms with van der Waals surface area (Å²) in [5.74, 6) is -0.112. The molecule has 1 atom stereocenters. The molecule has 0 spiro atoms. The van der Waals surface area contributed by atoms with E-state index in [1.54, 1.807) is 12.1 Å². The molecule has 0 bridgehead atoms. The van der Waals surface area contributed by atoms with Crippen LogP contribution in [-0.4, -0.2) is 6.04 Å². The lowest BCUT2D eigenvalue weighted by atomic mass is 10.1. The number of benzene rings is 1. The summed E-state index contributed by atoms with van der Waals surface area (Å²) in [4.78, 5) is 0. The average molecular weight is 316 g/mol. The fraction of sp³-hybridized carbons (Fsp3) is 0.231. The minimum absolute atomic E-state index is 0.0458. The minimum Gasteiger partial charge on any atom is -0.461 e. The van der Waals surface area contributed by atoms with Crippen molar-refractivity contribution in [2.75, 3.05) is 0 Å². The Labute approximate surface area is 112 Å². The van der Waals surface area contributed by atoms with Gasteiger partial charge in [-0.2, -0.15) is 0 Å². The number of furan rings is 1. The van der Waals surface area contributed by atoms with E-state index in [9.17, 15) is 8.78 Å². The van der Waals surface area contributed by atoms with Crippen molar-refractivity contribution in [3.63, 3.8) is 0 Å². The predicted molar refractivity (Wildman–Crippen MR) is 69.1 cm³/mol. The SMILES string of the molecule is CC(N)Cc1ccc(-c2cc(F)c(Br)cc2F)o1. The van der Waals surface area contributed by atoms with Crippen molar-refractivity contribution >= 4 is 15.9 Å². The van der Waals surface area contributed by atoms with Crippen LogP contribution in [0.3, 0.4) is 0 Å². The van der Waals surface area contributed by atoms with Gasteiger partial charge in [-0.25, -0.2) is 8.78 Å². The summed E-state index contributed by atoms with van der Waals surface area (Å²) in [6.07, 6.45) is 0.556. The first-order chi connectivity index (χ1) is 8.47. The Morgan fingerprint density at radius 1 is 1.28 bits per heavy atom. The largest absolute Gasteiger partial charge is 0.461 e. The monoisotopic (exact) mass is 315 g/mol. The summed E-state index contributed by atoms with van der Waals surface area (Å²) in [5, 5.41) is 0. The van der Waals surface area contributed by atoms with Gasteiger partial charge in [0.1, 0.15) is 23.2 Å². The van der Waals surface area contributed by atoms with Crippen molar-refractivity contribution in [3.8, 4) is 11.3 Å². The lowest BCUT2D eigenvalue weighted by Gasteiger charge is -2.03. The number of hydrogen-bond donors (Lipinski definition) is 1. The summed E-state index contributed by atoms with van der Waals surface area (Å²) in [5.41, 5.74) is 5.75. The second-order valence-electron chi connectivity index (χ2n) is 4.19. The molecule has 18 heavy (non-hydrogen) atoms. The zero-order chi connectivity index (χ0) is 13.3. The number of rotatable bonds is 3. The van der Waals surface area contributed by atoms with Gasteiger partial charge in [-0.15, -0.1) is 0 Å². The van der Waals surface area contributed by atoms with Gasteiger partial charge in [0.05, 0.1) is 10.0 Å². The molecule has 2 aromatic rings. The topological polar surface area (TPSA) is 39.2 Å². The molecular formula is C13H12BrF2NO. The van der Waals surface area contributed by atoms with Gasteiger partial charge in [0.2, 0.25) is 0 Å². The maximum absolute atomic E-state index is 13.7. The van der Waals surface area contributed by atoms with Crippen LogP contribution < -0.4 is 5.73 Å². The highest BCUT2D eigenvalue weighted by atomic mass is 79.9. The maximum atomic E-state index is 13.7. The standard InChI is InChI=1S/C13H12BrF2NO/c1-7(17)4-8-2-3-13(18-8)9-5-12(16)10(14)6-11(9)15/h2-3,5-7H,4,17H2,1H3. The van der Waals surface area contributed by atoms with E-state index in [-0.39, 0.29) is 16.1 Å². The van der Waals surface area contributed by atoms with E-state index >= 15 is 0 Å². The zero-order valence-corrected chi connectivity index (χ0v) is 11.3. The van der Waals surface area contributed by atoms with E-state index in [0.717, 1.165) is 12.1 Å². The molecule has 0 radical (unpaired) electrons. The molecule has 0 saturated heterocycles. The smallest absolute Gasteiger partial charge is 0.138 e. The highest BCUT2D eigenvalue weighted by Crippen LogP contribution is 2.29. The van der Waals surface area contributed by atoms with Gasteiger partial charge in [0.15, 0.2) is 0 Å². The Balaban J connectivity index is 2.37. The van der Waals surface area contributed by atoms with Crippen LogP contribution in [0.5, 0.6) is 0 Å². The number of nitrogens with two attached hydrogens (primary N) is 1. The molecule has 0 aliphatic heterocycles. The lowest BCUT2D eigenvalue weighted by molar-refractivity contribution is 0.498. The first-order valence-electron chi connectivity index (χ1n) is 5.46. The third-order valence-electron chi connectivity index (χ3n) is 2.46. The highest BCUT2D eigenvalue weighted by molar-refractivity contribution is 9.10. The van der Waals surface area contributed by atoms with Crippen LogP contribution in [-0.2, 0) is 6.42 Å². The van der Waals surface area contributed by atoms with Gasteiger partial charge in [0, 0.05) is 12.5 Å². The molecule has 96 valence electrons. The van der Waals surface area contributed by atoms with Crippen LogP contribution in [0.15, 0.2) is 33.2 Å². The Bertz CT molecular complexity index is 566. The molecule has 0 aliphatic rings. The summed E-state index contributed by atoms with van der Waals surface area (Å²) in [6.45, 7) is 1.85. The third kappa shape index (κ3) is 2.79. The second kappa shape index (κ2) is 5.20. The summed E-state index contributed by atoms with van der Waals surface area (Å²) >= 11 is 2.93.